The van der Waals surface area contributed by atoms with Crippen LogP contribution in [0, 0.1) is 0 Å². The molecule has 2 saturated heterocycles. The molecule has 0 aliphatic carbocycles. The van der Waals surface area contributed by atoms with Gasteiger partial charge in [0.15, 0.2) is 6.29 Å². The lowest BCUT2D eigenvalue weighted by Crippen LogP contribution is -2.59. The highest BCUT2D eigenvalue weighted by atomic mass is 16.9. The molecule has 0 radical (unpaired) electrons. The number of methoxy groups -OCH3 is 1. The van der Waals surface area contributed by atoms with E-state index >= 15 is 0 Å². The van der Waals surface area contributed by atoms with Gasteiger partial charge >= 0.3 is 0 Å². The van der Waals surface area contributed by atoms with E-state index in [-0.39, 0.29) is 0 Å². The second-order valence-electron chi connectivity index (χ2n) is 5.81. The van der Waals surface area contributed by atoms with Crippen molar-refractivity contribution in [2.75, 3.05) is 33.5 Å². The lowest BCUT2D eigenvalue weighted by molar-refractivity contribution is -0.334. The summed E-state index contributed by atoms with van der Waals surface area (Å²) in [4.78, 5) is 0. The molecule has 1 unspecified atom stereocenters. The normalized spacial score (nSPS) is 37.4. The van der Waals surface area contributed by atoms with Crippen LogP contribution in [0.4, 0.5) is 0 Å². The van der Waals surface area contributed by atoms with Crippen LogP contribution in [0.5, 0.6) is 0 Å². The monoisotopic (exact) mass is 356 g/mol. The van der Waals surface area contributed by atoms with Crippen LogP contribution in [0.25, 0.3) is 0 Å². The molecule has 0 aromatic rings. The Hall–Kier alpha value is -1.06. The van der Waals surface area contributed by atoms with Crippen molar-refractivity contribution in [3.8, 4) is 0 Å². The molecule has 0 aromatic carbocycles. The van der Waals surface area contributed by atoms with Crippen molar-refractivity contribution in [2.45, 2.75) is 43.6 Å². The molecule has 0 N–H and O–H groups in total. The molecule has 2 rings (SSSR count). The number of rotatable bonds is 11. The summed E-state index contributed by atoms with van der Waals surface area (Å²) in [5.74, 6) is -1.20. The molecule has 7 nitrogen and oxygen atoms in total. The van der Waals surface area contributed by atoms with Crippen LogP contribution in [0.3, 0.4) is 0 Å². The number of ether oxygens (including phenoxy) is 7. The minimum absolute atomic E-state index is 0.304. The molecular weight excluding hydrogens is 328 g/mol. The number of fused-ring (bicyclic) bond motifs is 1. The standard InChI is InChI=1S/C18H28O7/c1-6-9-20-12-13-14(21-10-7-2)15(22-11-8-3)16-17(23-13)25-18(4,19-5)24-16/h6-8,13-17H,1-3,9-12H2,4-5H3/t13-,14-,15+,16+,17+,18?/m1/s1. The van der Waals surface area contributed by atoms with Gasteiger partial charge in [0.2, 0.25) is 0 Å². The predicted octanol–water partition coefficient (Wildman–Crippen LogP) is 1.79. The van der Waals surface area contributed by atoms with E-state index in [4.69, 9.17) is 33.2 Å². The highest BCUT2D eigenvalue weighted by Gasteiger charge is 2.57. The van der Waals surface area contributed by atoms with Crippen LogP contribution in [0.2, 0.25) is 0 Å². The van der Waals surface area contributed by atoms with Crippen LogP contribution in [0.15, 0.2) is 38.0 Å². The summed E-state index contributed by atoms with van der Waals surface area (Å²) in [5, 5.41) is 0. The minimum atomic E-state index is -1.20. The SMILES string of the molecule is C=CCOC[C@H]1O[C@H]2OC(C)(OC)O[C@H]2[C@@H](OCC=C)[C@@H]1OCC=C. The molecule has 2 aliphatic rings. The first-order chi connectivity index (χ1) is 12.1. The molecule has 6 atom stereocenters. The maximum Gasteiger partial charge on any atom is 0.282 e. The van der Waals surface area contributed by atoms with E-state index in [1.807, 2.05) is 0 Å². The third-order valence-electron chi connectivity index (χ3n) is 3.97. The highest BCUT2D eigenvalue weighted by molar-refractivity contribution is 4.96. The Morgan fingerprint density at radius 1 is 0.960 bits per heavy atom. The van der Waals surface area contributed by atoms with Crippen molar-refractivity contribution in [3.05, 3.63) is 38.0 Å². The largest absolute Gasteiger partial charge is 0.375 e. The summed E-state index contributed by atoms with van der Waals surface area (Å²) in [6.07, 6.45) is 2.59. The maximum atomic E-state index is 6.02. The fourth-order valence-electron chi connectivity index (χ4n) is 2.83. The van der Waals surface area contributed by atoms with Crippen LogP contribution in [0.1, 0.15) is 6.92 Å². The van der Waals surface area contributed by atoms with Gasteiger partial charge in [-0.2, -0.15) is 0 Å². The fourth-order valence-corrected chi connectivity index (χ4v) is 2.83. The molecule has 0 amide bonds. The van der Waals surface area contributed by atoms with Gasteiger partial charge in [0, 0.05) is 14.0 Å². The molecule has 7 heteroatoms. The van der Waals surface area contributed by atoms with Crippen molar-refractivity contribution < 1.29 is 33.2 Å². The second-order valence-corrected chi connectivity index (χ2v) is 5.81. The zero-order valence-corrected chi connectivity index (χ0v) is 14.9. The van der Waals surface area contributed by atoms with Crippen LogP contribution >= 0.6 is 0 Å². The molecule has 25 heavy (non-hydrogen) atoms. The molecule has 2 aliphatic heterocycles. The van der Waals surface area contributed by atoms with E-state index in [1.165, 1.54) is 7.11 Å². The molecule has 0 bridgehead atoms. The van der Waals surface area contributed by atoms with Gasteiger partial charge in [-0.05, 0) is 0 Å². The smallest absolute Gasteiger partial charge is 0.282 e. The van der Waals surface area contributed by atoms with Gasteiger partial charge in [-0.25, -0.2) is 0 Å². The quantitative estimate of drug-likeness (QED) is 0.413. The summed E-state index contributed by atoms with van der Waals surface area (Å²) in [6.45, 7) is 14.1. The Morgan fingerprint density at radius 2 is 1.60 bits per heavy atom. The van der Waals surface area contributed by atoms with Crippen LogP contribution < -0.4 is 0 Å². The average Bonchev–Trinajstić information content (AvgIpc) is 2.95. The minimum Gasteiger partial charge on any atom is -0.375 e. The van der Waals surface area contributed by atoms with Crippen molar-refractivity contribution in [1.82, 2.24) is 0 Å². The molecule has 142 valence electrons. The first kappa shape index (κ1) is 20.3. The van der Waals surface area contributed by atoms with E-state index in [0.717, 1.165) is 0 Å². The van der Waals surface area contributed by atoms with Crippen molar-refractivity contribution in [2.24, 2.45) is 0 Å². The summed E-state index contributed by atoms with van der Waals surface area (Å²) in [6, 6.07) is 0. The topological polar surface area (TPSA) is 64.6 Å². The van der Waals surface area contributed by atoms with Gasteiger partial charge < -0.3 is 28.4 Å². The van der Waals surface area contributed by atoms with E-state index in [0.29, 0.717) is 26.4 Å². The van der Waals surface area contributed by atoms with Crippen molar-refractivity contribution in [3.63, 3.8) is 0 Å². The molecule has 0 saturated carbocycles. The van der Waals surface area contributed by atoms with Crippen LogP contribution in [-0.2, 0) is 33.2 Å². The predicted molar refractivity (Wildman–Crippen MR) is 90.9 cm³/mol. The average molecular weight is 356 g/mol. The van der Waals surface area contributed by atoms with Gasteiger partial charge in [-0.3, -0.25) is 4.74 Å². The Labute approximate surface area is 149 Å². The molecular formula is C18H28O7. The molecule has 0 aromatic heterocycles. The van der Waals surface area contributed by atoms with E-state index < -0.39 is 36.7 Å². The van der Waals surface area contributed by atoms with Gasteiger partial charge in [0.25, 0.3) is 5.97 Å². The summed E-state index contributed by atoms with van der Waals surface area (Å²) in [7, 11) is 1.51. The zero-order chi connectivity index (χ0) is 18.3. The summed E-state index contributed by atoms with van der Waals surface area (Å²) >= 11 is 0. The second kappa shape index (κ2) is 9.59. The zero-order valence-electron chi connectivity index (χ0n) is 14.9. The lowest BCUT2D eigenvalue weighted by atomic mass is 9.98. The first-order valence-electron chi connectivity index (χ1n) is 8.28. The summed E-state index contributed by atoms with van der Waals surface area (Å²) in [5.41, 5.74) is 0. The first-order valence-corrected chi connectivity index (χ1v) is 8.28. The molecule has 2 heterocycles. The summed E-state index contributed by atoms with van der Waals surface area (Å²) < 4.78 is 40.4. The molecule has 0 spiro atoms. The number of hydrogen-bond acceptors (Lipinski definition) is 7. The van der Waals surface area contributed by atoms with Crippen molar-refractivity contribution in [1.29, 1.82) is 0 Å². The van der Waals surface area contributed by atoms with Crippen LogP contribution in [-0.4, -0.2) is 70.2 Å². The van der Waals surface area contributed by atoms with Gasteiger partial charge in [0.05, 0.1) is 26.4 Å². The van der Waals surface area contributed by atoms with Gasteiger partial charge in [0.1, 0.15) is 24.4 Å². The highest BCUT2D eigenvalue weighted by Crippen LogP contribution is 2.39. The maximum absolute atomic E-state index is 6.02. The molecule has 2 fully saturated rings. The van der Waals surface area contributed by atoms with Gasteiger partial charge in [-0.15, -0.1) is 19.7 Å². The third kappa shape index (κ3) is 4.98. The van der Waals surface area contributed by atoms with E-state index in [2.05, 4.69) is 19.7 Å². The van der Waals surface area contributed by atoms with E-state index in [9.17, 15) is 0 Å². The Bertz CT molecular complexity index is 455. The van der Waals surface area contributed by atoms with E-state index in [1.54, 1.807) is 25.2 Å². The Kier molecular flexibility index (Phi) is 7.77. The Morgan fingerprint density at radius 3 is 2.20 bits per heavy atom. The lowest BCUT2D eigenvalue weighted by Gasteiger charge is -2.41. The third-order valence-corrected chi connectivity index (χ3v) is 3.97. The fraction of sp³-hybridized carbons (Fsp3) is 0.667. The van der Waals surface area contributed by atoms with Crippen molar-refractivity contribution >= 4 is 0 Å². The Balaban J connectivity index is 2.19. The number of hydrogen-bond donors (Lipinski definition) is 0. The van der Waals surface area contributed by atoms with Gasteiger partial charge in [-0.1, -0.05) is 18.2 Å².